The minimum absolute atomic E-state index is 0.0122. The van der Waals surface area contributed by atoms with Gasteiger partial charge in [0, 0.05) is 24.7 Å². The fourth-order valence-corrected chi connectivity index (χ4v) is 2.20. The first-order valence-corrected chi connectivity index (χ1v) is 7.00. The van der Waals surface area contributed by atoms with Crippen molar-refractivity contribution in [3.63, 3.8) is 0 Å². The fraction of sp³-hybridized carbons (Fsp3) is 0.214. The van der Waals surface area contributed by atoms with E-state index in [1.165, 1.54) is 0 Å². The molecule has 19 heavy (non-hydrogen) atoms. The number of aromatic nitrogens is 1. The van der Waals surface area contributed by atoms with Gasteiger partial charge in [0.1, 0.15) is 11.6 Å². The van der Waals surface area contributed by atoms with Crippen LogP contribution in [0.15, 0.2) is 36.5 Å². The van der Waals surface area contributed by atoms with E-state index >= 15 is 0 Å². The van der Waals surface area contributed by atoms with Crippen molar-refractivity contribution >= 4 is 40.0 Å². The van der Waals surface area contributed by atoms with Gasteiger partial charge < -0.3 is 9.64 Å². The Morgan fingerprint density at radius 1 is 1.42 bits per heavy atom. The highest BCUT2D eigenvalue weighted by Gasteiger charge is 2.10. The number of nitrogens with zero attached hydrogens (tertiary/aromatic N) is 2. The van der Waals surface area contributed by atoms with Crippen LogP contribution in [-0.4, -0.2) is 19.1 Å². The summed E-state index contributed by atoms with van der Waals surface area (Å²) in [6.07, 6.45) is 0.145. The number of benzene rings is 1. The molecule has 0 aliphatic rings. The molecule has 0 spiro atoms. The van der Waals surface area contributed by atoms with E-state index in [2.05, 4.69) is 27.6 Å². The van der Waals surface area contributed by atoms with Crippen molar-refractivity contribution < 1.29 is 7.48 Å². The zero-order valence-corrected chi connectivity index (χ0v) is 13.3. The van der Waals surface area contributed by atoms with Crippen molar-refractivity contribution in [3.05, 3.63) is 50.7 Å². The molecule has 0 saturated carbocycles. The first kappa shape index (κ1) is 11.8. The van der Waals surface area contributed by atoms with Gasteiger partial charge in [-0.15, -0.1) is 0 Å². The molecule has 0 unspecified atom stereocenters. The van der Waals surface area contributed by atoms with Gasteiger partial charge in [-0.2, -0.15) is 0 Å². The van der Waals surface area contributed by atoms with Crippen LogP contribution in [0.3, 0.4) is 0 Å². The molecule has 1 aromatic carbocycles. The molecule has 0 N–H and O–H groups in total. The number of hydrogen-bond donors (Lipinski definition) is 0. The van der Waals surface area contributed by atoms with Crippen LogP contribution in [0.2, 0.25) is 5.02 Å². The molecule has 3 nitrogen and oxygen atoms in total. The van der Waals surface area contributed by atoms with E-state index in [0.29, 0.717) is 17.4 Å². The summed E-state index contributed by atoms with van der Waals surface area (Å²) in [5, 5.41) is 0.479. The third-order valence-corrected chi connectivity index (χ3v) is 4.14. The largest absolute Gasteiger partial charge is 0.497 e. The molecule has 1 heterocycles. The molecule has 0 bridgehead atoms. The predicted molar refractivity (Wildman–Crippen MR) is 87.1 cm³/mol. The van der Waals surface area contributed by atoms with Crippen molar-refractivity contribution in [2.75, 3.05) is 19.0 Å². The van der Waals surface area contributed by atoms with E-state index in [4.69, 9.17) is 19.1 Å². The Morgan fingerprint density at radius 2 is 2.16 bits per heavy atom. The van der Waals surface area contributed by atoms with Crippen LogP contribution in [0, 0.1) is 3.57 Å². The molecule has 0 atom stereocenters. The summed E-state index contributed by atoms with van der Waals surface area (Å²) >= 11 is 8.32. The molecular formula is C14H14ClIN2O. The summed E-state index contributed by atoms with van der Waals surface area (Å²) in [6, 6.07) is 9.21. The lowest BCUT2D eigenvalue weighted by Crippen LogP contribution is -2.18. The first-order valence-electron chi connectivity index (χ1n) is 6.75. The molecule has 0 radical (unpaired) electrons. The first-order chi connectivity index (χ1) is 10.0. The lowest BCUT2D eigenvalue weighted by atomic mass is 10.2. The summed E-state index contributed by atoms with van der Waals surface area (Å²) in [7, 11) is 1.63. The quantitative estimate of drug-likeness (QED) is 0.738. The van der Waals surface area contributed by atoms with Crippen molar-refractivity contribution in [1.29, 1.82) is 0 Å². The average Bonchev–Trinajstić information content (AvgIpc) is 2.49. The Kier molecular flexibility index (Phi) is 3.99. The number of rotatable bonds is 4. The maximum absolute atomic E-state index is 7.70. The number of hydrogen-bond acceptors (Lipinski definition) is 3. The van der Waals surface area contributed by atoms with Gasteiger partial charge >= 0.3 is 0 Å². The summed E-state index contributed by atoms with van der Waals surface area (Å²) in [6.45, 7) is 0.500. The van der Waals surface area contributed by atoms with E-state index in [-0.39, 0.29) is 13.2 Å². The normalized spacial score (nSPS) is 11.7. The summed E-state index contributed by atoms with van der Waals surface area (Å²) in [5.74, 6) is 1.26. The van der Waals surface area contributed by atoms with E-state index in [1.54, 1.807) is 18.1 Å². The van der Waals surface area contributed by atoms with Crippen LogP contribution >= 0.6 is 34.2 Å². The minimum Gasteiger partial charge on any atom is -0.497 e. The lowest BCUT2D eigenvalue weighted by molar-refractivity contribution is 0.414. The maximum atomic E-state index is 7.70. The molecule has 100 valence electrons. The second kappa shape index (κ2) is 6.43. The zero-order valence-electron chi connectivity index (χ0n) is 12.4. The second-order valence-electron chi connectivity index (χ2n) is 3.92. The Balaban J connectivity index is 2.27. The van der Waals surface area contributed by atoms with Crippen molar-refractivity contribution in [2.45, 2.75) is 6.54 Å². The van der Waals surface area contributed by atoms with Crippen molar-refractivity contribution in [3.8, 4) is 5.75 Å². The van der Waals surface area contributed by atoms with E-state index in [0.717, 1.165) is 14.9 Å². The van der Waals surface area contributed by atoms with Gasteiger partial charge in [-0.1, -0.05) is 23.7 Å². The standard InChI is InChI=1S/C14H14ClIN2O/c1-18(14-13(15)12(16)7-8-17-14)9-10-3-5-11(19-2)6-4-10/h3-8H,9H2,1-2H3/i1D,8D. The third-order valence-electron chi connectivity index (χ3n) is 2.60. The van der Waals surface area contributed by atoms with Crippen molar-refractivity contribution in [1.82, 2.24) is 4.98 Å². The van der Waals surface area contributed by atoms with Gasteiger partial charge in [0.2, 0.25) is 0 Å². The Labute approximate surface area is 134 Å². The number of halogens is 2. The Bertz CT molecular complexity index is 625. The molecule has 0 aliphatic heterocycles. The lowest BCUT2D eigenvalue weighted by Gasteiger charge is -2.20. The molecule has 2 aromatic rings. The Hall–Kier alpha value is -1.01. The van der Waals surface area contributed by atoms with Crippen LogP contribution in [-0.2, 0) is 6.54 Å². The predicted octanol–water partition coefficient (Wildman–Crippen LogP) is 3.98. The average molecular weight is 391 g/mol. The van der Waals surface area contributed by atoms with Gasteiger partial charge in [0.25, 0.3) is 0 Å². The highest BCUT2D eigenvalue weighted by molar-refractivity contribution is 14.1. The van der Waals surface area contributed by atoms with Crippen LogP contribution in [0.5, 0.6) is 5.75 Å². The van der Waals surface area contributed by atoms with Crippen LogP contribution in [0.1, 0.15) is 8.30 Å². The Morgan fingerprint density at radius 3 is 2.79 bits per heavy atom. The highest BCUT2D eigenvalue weighted by atomic mass is 127. The van der Waals surface area contributed by atoms with E-state index < -0.39 is 0 Å². The van der Waals surface area contributed by atoms with Gasteiger partial charge in [0.05, 0.1) is 13.5 Å². The molecular weight excluding hydrogens is 375 g/mol. The van der Waals surface area contributed by atoms with Crippen LogP contribution in [0.4, 0.5) is 5.82 Å². The maximum Gasteiger partial charge on any atom is 0.148 e. The smallest absolute Gasteiger partial charge is 0.148 e. The van der Waals surface area contributed by atoms with Crippen LogP contribution < -0.4 is 9.64 Å². The molecule has 5 heteroatoms. The summed E-state index contributed by atoms with van der Waals surface area (Å²) in [5.41, 5.74) is 1.02. The van der Waals surface area contributed by atoms with E-state index in [9.17, 15) is 0 Å². The number of pyridine rings is 1. The topological polar surface area (TPSA) is 25.4 Å². The zero-order chi connectivity index (χ0) is 15.4. The molecule has 1 aromatic heterocycles. The fourth-order valence-electron chi connectivity index (χ4n) is 1.61. The monoisotopic (exact) mass is 390 g/mol. The molecule has 2 rings (SSSR count). The molecule has 0 fully saturated rings. The van der Waals surface area contributed by atoms with Gasteiger partial charge in [0.15, 0.2) is 0 Å². The molecule has 0 aliphatic carbocycles. The summed E-state index contributed by atoms with van der Waals surface area (Å²) < 4.78 is 21.3. The highest BCUT2D eigenvalue weighted by Crippen LogP contribution is 2.28. The minimum atomic E-state index is 0.0122. The second-order valence-corrected chi connectivity index (χ2v) is 5.46. The van der Waals surface area contributed by atoms with Crippen molar-refractivity contribution in [2.24, 2.45) is 0 Å². The van der Waals surface area contributed by atoms with Gasteiger partial charge in [-0.25, -0.2) is 4.98 Å². The molecule has 0 amide bonds. The number of methoxy groups -OCH3 is 1. The van der Waals surface area contributed by atoms with E-state index in [1.807, 2.05) is 24.3 Å². The number of anilines is 1. The third kappa shape index (κ3) is 3.51. The van der Waals surface area contributed by atoms with Crippen LogP contribution in [0.25, 0.3) is 0 Å². The summed E-state index contributed by atoms with van der Waals surface area (Å²) in [4.78, 5) is 5.87. The van der Waals surface area contributed by atoms with Gasteiger partial charge in [-0.05, 0) is 46.4 Å². The number of ether oxygens (including phenoxy) is 1. The molecule has 0 saturated heterocycles. The van der Waals surface area contributed by atoms with Gasteiger partial charge in [-0.3, -0.25) is 0 Å². The SMILES string of the molecule is [2H]CN(Cc1ccc(OC)cc1)c1nc([2H])cc(I)c1Cl.